The van der Waals surface area contributed by atoms with Gasteiger partial charge in [0.15, 0.2) is 5.82 Å². The molecule has 0 amide bonds. The zero-order valence-corrected chi connectivity index (χ0v) is 18.9. The SMILES string of the molecule is C[Si](C)(C)CCOCn1ncc(-c2ccc(Nc3nc(Cl)ncc3Cl)cc2)c1F. The van der Waals surface area contributed by atoms with Crippen molar-refractivity contribution >= 4 is 42.8 Å². The average molecular weight is 454 g/mol. The van der Waals surface area contributed by atoms with Gasteiger partial charge < -0.3 is 10.1 Å². The first kappa shape index (κ1) is 21.7. The summed E-state index contributed by atoms with van der Waals surface area (Å²) in [5.41, 5.74) is 1.84. The number of nitrogens with one attached hydrogen (secondary N) is 1. The lowest BCUT2D eigenvalue weighted by atomic mass is 10.1. The van der Waals surface area contributed by atoms with Gasteiger partial charge in [-0.3, -0.25) is 0 Å². The number of halogens is 3. The molecule has 1 aromatic carbocycles. The summed E-state index contributed by atoms with van der Waals surface area (Å²) in [7, 11) is -1.17. The molecule has 154 valence electrons. The fourth-order valence-corrected chi connectivity index (χ4v) is 3.51. The van der Waals surface area contributed by atoms with Crippen LogP contribution in [0.4, 0.5) is 15.9 Å². The van der Waals surface area contributed by atoms with E-state index in [1.54, 1.807) is 24.3 Å². The van der Waals surface area contributed by atoms with E-state index in [2.05, 4.69) is 40.0 Å². The first-order valence-corrected chi connectivity index (χ1v) is 13.5. The molecule has 29 heavy (non-hydrogen) atoms. The van der Waals surface area contributed by atoms with Gasteiger partial charge in [-0.2, -0.15) is 14.5 Å². The molecule has 2 aromatic heterocycles. The second kappa shape index (κ2) is 9.21. The van der Waals surface area contributed by atoms with Crippen molar-refractivity contribution < 1.29 is 9.13 Å². The van der Waals surface area contributed by atoms with Crippen LogP contribution in [0.15, 0.2) is 36.7 Å². The minimum atomic E-state index is -1.17. The molecule has 2 heterocycles. The van der Waals surface area contributed by atoms with Gasteiger partial charge in [-0.05, 0) is 35.3 Å². The third-order valence-corrected chi connectivity index (χ3v) is 6.32. The van der Waals surface area contributed by atoms with Gasteiger partial charge in [0, 0.05) is 20.4 Å². The van der Waals surface area contributed by atoms with E-state index in [1.165, 1.54) is 17.1 Å². The molecule has 0 aliphatic carbocycles. The van der Waals surface area contributed by atoms with Crippen molar-refractivity contribution in [2.24, 2.45) is 0 Å². The first-order chi connectivity index (χ1) is 13.7. The van der Waals surface area contributed by atoms with Crippen molar-refractivity contribution in [3.8, 4) is 11.1 Å². The highest BCUT2D eigenvalue weighted by Crippen LogP contribution is 2.27. The Balaban J connectivity index is 1.65. The summed E-state index contributed by atoms with van der Waals surface area (Å²) >= 11 is 11.9. The summed E-state index contributed by atoms with van der Waals surface area (Å²) in [6, 6.07) is 8.19. The Morgan fingerprint density at radius 1 is 1.14 bits per heavy atom. The predicted molar refractivity (Wildman–Crippen MR) is 117 cm³/mol. The Bertz CT molecular complexity index is 976. The molecule has 0 aliphatic heterocycles. The zero-order valence-electron chi connectivity index (χ0n) is 16.4. The maximum Gasteiger partial charge on any atom is 0.224 e. The van der Waals surface area contributed by atoms with Crippen LogP contribution in [-0.2, 0) is 11.5 Å². The summed E-state index contributed by atoms with van der Waals surface area (Å²) in [5.74, 6) is -0.0294. The molecule has 0 saturated carbocycles. The number of hydrogen-bond donors (Lipinski definition) is 1. The van der Waals surface area contributed by atoms with Crippen molar-refractivity contribution in [3.63, 3.8) is 0 Å². The van der Waals surface area contributed by atoms with Gasteiger partial charge in [0.2, 0.25) is 11.2 Å². The van der Waals surface area contributed by atoms with Gasteiger partial charge >= 0.3 is 0 Å². The molecule has 0 saturated heterocycles. The molecule has 3 aromatic rings. The number of hydrogen-bond acceptors (Lipinski definition) is 5. The number of ether oxygens (including phenoxy) is 1. The van der Waals surface area contributed by atoms with E-state index in [-0.39, 0.29) is 12.0 Å². The Labute approximate surface area is 180 Å². The van der Waals surface area contributed by atoms with Crippen LogP contribution in [0.25, 0.3) is 11.1 Å². The zero-order chi connectivity index (χ0) is 21.0. The summed E-state index contributed by atoms with van der Waals surface area (Å²) in [4.78, 5) is 7.85. The molecule has 1 N–H and O–H groups in total. The summed E-state index contributed by atoms with van der Waals surface area (Å²) in [5, 5.41) is 7.60. The Morgan fingerprint density at radius 3 is 2.55 bits per heavy atom. The van der Waals surface area contributed by atoms with Crippen molar-refractivity contribution in [1.82, 2.24) is 19.7 Å². The monoisotopic (exact) mass is 453 g/mol. The minimum Gasteiger partial charge on any atom is -0.359 e. The fraction of sp³-hybridized carbons (Fsp3) is 0.316. The highest BCUT2D eigenvalue weighted by Gasteiger charge is 2.15. The highest BCUT2D eigenvalue weighted by atomic mass is 35.5. The molecular weight excluding hydrogens is 432 g/mol. The molecule has 0 radical (unpaired) electrons. The van der Waals surface area contributed by atoms with Crippen LogP contribution < -0.4 is 5.32 Å². The average Bonchev–Trinajstić information content (AvgIpc) is 3.02. The van der Waals surface area contributed by atoms with E-state index in [0.29, 0.717) is 28.6 Å². The van der Waals surface area contributed by atoms with Crippen LogP contribution in [0.1, 0.15) is 0 Å². The van der Waals surface area contributed by atoms with Crippen LogP contribution in [0.3, 0.4) is 0 Å². The molecule has 6 nitrogen and oxygen atoms in total. The third kappa shape index (κ3) is 5.99. The second-order valence-electron chi connectivity index (χ2n) is 7.73. The maximum absolute atomic E-state index is 14.7. The Hall–Kier alpha value is -2.00. The van der Waals surface area contributed by atoms with E-state index < -0.39 is 14.0 Å². The summed E-state index contributed by atoms with van der Waals surface area (Å²) in [6.45, 7) is 7.53. The van der Waals surface area contributed by atoms with Crippen LogP contribution >= 0.6 is 23.2 Å². The molecule has 0 fully saturated rings. The van der Waals surface area contributed by atoms with Crippen molar-refractivity contribution in [1.29, 1.82) is 0 Å². The fourth-order valence-electron chi connectivity index (χ4n) is 2.49. The van der Waals surface area contributed by atoms with Crippen molar-refractivity contribution in [3.05, 3.63) is 52.9 Å². The normalized spacial score (nSPS) is 11.7. The number of benzene rings is 1. The first-order valence-electron chi connectivity index (χ1n) is 9.07. The van der Waals surface area contributed by atoms with Crippen molar-refractivity contribution in [2.45, 2.75) is 32.4 Å². The van der Waals surface area contributed by atoms with E-state index in [4.69, 9.17) is 27.9 Å². The van der Waals surface area contributed by atoms with E-state index in [0.717, 1.165) is 11.7 Å². The molecule has 3 rings (SSSR count). The van der Waals surface area contributed by atoms with Gasteiger partial charge in [0.25, 0.3) is 0 Å². The van der Waals surface area contributed by atoms with E-state index in [1.807, 2.05) is 0 Å². The molecule has 0 unspecified atom stereocenters. The van der Waals surface area contributed by atoms with E-state index in [9.17, 15) is 4.39 Å². The minimum absolute atomic E-state index is 0.0927. The third-order valence-electron chi connectivity index (χ3n) is 4.16. The van der Waals surface area contributed by atoms with Crippen molar-refractivity contribution in [2.75, 3.05) is 11.9 Å². The quantitative estimate of drug-likeness (QED) is 0.263. The standard InChI is InChI=1S/C19H22Cl2FN5OSi/c1-29(2,3)9-8-28-12-27-17(22)15(10-24-27)13-4-6-14(7-5-13)25-18-16(20)11-23-19(21)26-18/h4-7,10-11H,8-9,12H2,1-3H3,(H,23,25,26). The van der Waals surface area contributed by atoms with Crippen LogP contribution in [0, 0.1) is 5.95 Å². The molecule has 0 bridgehead atoms. The smallest absolute Gasteiger partial charge is 0.224 e. The predicted octanol–water partition coefficient (Wildman–Crippen LogP) is 5.84. The number of nitrogens with zero attached hydrogens (tertiary/aromatic N) is 4. The van der Waals surface area contributed by atoms with Gasteiger partial charge in [0.05, 0.1) is 18.0 Å². The summed E-state index contributed by atoms with van der Waals surface area (Å²) in [6.07, 6.45) is 2.92. The molecule has 0 aliphatic rings. The molecular formula is C19H22Cl2FN5OSi. The molecule has 0 spiro atoms. The number of rotatable bonds is 8. The topological polar surface area (TPSA) is 64.9 Å². The Morgan fingerprint density at radius 2 is 1.86 bits per heavy atom. The highest BCUT2D eigenvalue weighted by molar-refractivity contribution is 6.76. The van der Waals surface area contributed by atoms with Gasteiger partial charge in [0.1, 0.15) is 11.8 Å². The van der Waals surface area contributed by atoms with Gasteiger partial charge in [-0.25, -0.2) is 9.67 Å². The lowest BCUT2D eigenvalue weighted by molar-refractivity contribution is 0.0700. The van der Waals surface area contributed by atoms with Crippen LogP contribution in [0.2, 0.25) is 36.0 Å². The maximum atomic E-state index is 14.7. The second-order valence-corrected chi connectivity index (χ2v) is 14.1. The van der Waals surface area contributed by atoms with Crippen LogP contribution in [-0.4, -0.2) is 34.4 Å². The van der Waals surface area contributed by atoms with Gasteiger partial charge in [-0.1, -0.05) is 43.4 Å². The Kier molecular flexibility index (Phi) is 6.89. The number of anilines is 2. The molecule has 10 heteroatoms. The number of aromatic nitrogens is 4. The summed E-state index contributed by atoms with van der Waals surface area (Å²) < 4.78 is 21.5. The van der Waals surface area contributed by atoms with E-state index >= 15 is 0 Å². The lowest BCUT2D eigenvalue weighted by Gasteiger charge is -2.15. The van der Waals surface area contributed by atoms with Crippen LogP contribution in [0.5, 0.6) is 0 Å². The largest absolute Gasteiger partial charge is 0.359 e. The lowest BCUT2D eigenvalue weighted by Crippen LogP contribution is -2.22. The van der Waals surface area contributed by atoms with Gasteiger partial charge in [-0.15, -0.1) is 0 Å². The molecule has 0 atom stereocenters.